The molecule has 0 N–H and O–H groups in total. The lowest BCUT2D eigenvalue weighted by Crippen LogP contribution is -2.38. The van der Waals surface area contributed by atoms with Gasteiger partial charge in [0.25, 0.3) is 5.91 Å². The molecule has 1 aromatic heterocycles. The van der Waals surface area contributed by atoms with Crippen molar-refractivity contribution in [2.24, 2.45) is 0 Å². The van der Waals surface area contributed by atoms with Crippen molar-refractivity contribution in [1.29, 1.82) is 0 Å². The van der Waals surface area contributed by atoms with Crippen LogP contribution in [0, 0.1) is 5.82 Å². The Balaban J connectivity index is 1.80. The summed E-state index contributed by atoms with van der Waals surface area (Å²) in [6, 6.07) is 15.8. The van der Waals surface area contributed by atoms with Gasteiger partial charge in [-0.15, -0.1) is 0 Å². The average Bonchev–Trinajstić information content (AvgIpc) is 3.07. The SMILES string of the molecule is CCCCc1nn(-c2ccc(F)cc2)c2c1CCN(c1ccccc1)C2=O. The topological polar surface area (TPSA) is 38.1 Å². The highest BCUT2D eigenvalue weighted by atomic mass is 19.1. The Kier molecular flexibility index (Phi) is 4.75. The molecule has 0 aliphatic carbocycles. The summed E-state index contributed by atoms with van der Waals surface area (Å²) >= 11 is 0. The summed E-state index contributed by atoms with van der Waals surface area (Å²) in [5.74, 6) is -0.356. The van der Waals surface area contributed by atoms with Gasteiger partial charge in [-0.1, -0.05) is 31.5 Å². The highest BCUT2D eigenvalue weighted by Gasteiger charge is 2.32. The van der Waals surface area contributed by atoms with Gasteiger partial charge in [0, 0.05) is 17.8 Å². The van der Waals surface area contributed by atoms with E-state index >= 15 is 0 Å². The summed E-state index contributed by atoms with van der Waals surface area (Å²) in [4.78, 5) is 15.2. The van der Waals surface area contributed by atoms with Crippen molar-refractivity contribution in [1.82, 2.24) is 9.78 Å². The van der Waals surface area contributed by atoms with Crippen molar-refractivity contribution >= 4 is 11.6 Å². The van der Waals surface area contributed by atoms with E-state index in [2.05, 4.69) is 6.92 Å². The number of halogens is 1. The molecule has 0 radical (unpaired) electrons. The molecule has 1 aliphatic heterocycles. The largest absolute Gasteiger partial charge is 0.307 e. The molecule has 0 fully saturated rings. The second kappa shape index (κ2) is 7.35. The van der Waals surface area contributed by atoms with Gasteiger partial charge in [-0.2, -0.15) is 5.10 Å². The number of para-hydroxylation sites is 1. The fourth-order valence-electron chi connectivity index (χ4n) is 3.60. The number of aromatic nitrogens is 2. The maximum absolute atomic E-state index is 13.4. The second-order valence-electron chi connectivity index (χ2n) is 6.81. The van der Waals surface area contributed by atoms with Crippen molar-refractivity contribution in [3.63, 3.8) is 0 Å². The average molecular weight is 363 g/mol. The van der Waals surface area contributed by atoms with Crippen LogP contribution >= 0.6 is 0 Å². The third-order valence-corrected chi connectivity index (χ3v) is 5.01. The first-order chi connectivity index (χ1) is 13.2. The molecule has 0 atom stereocenters. The standard InChI is InChI=1S/C22H22FN3O/c1-2-3-9-20-19-14-15-25(17-7-5-4-6-8-17)22(27)21(19)26(24-20)18-12-10-16(23)11-13-18/h4-8,10-13H,2-3,9,14-15H2,1H3. The van der Waals surface area contributed by atoms with Crippen LogP contribution in [0.2, 0.25) is 0 Å². The fourth-order valence-corrected chi connectivity index (χ4v) is 3.60. The first kappa shape index (κ1) is 17.5. The van der Waals surface area contributed by atoms with E-state index < -0.39 is 0 Å². The number of anilines is 1. The molecule has 0 spiro atoms. The molecular formula is C22H22FN3O. The quantitative estimate of drug-likeness (QED) is 0.667. The van der Waals surface area contributed by atoms with Crippen LogP contribution < -0.4 is 4.90 Å². The minimum Gasteiger partial charge on any atom is -0.307 e. The number of rotatable bonds is 5. The van der Waals surface area contributed by atoms with Crippen LogP contribution in [0.3, 0.4) is 0 Å². The van der Waals surface area contributed by atoms with E-state index in [9.17, 15) is 9.18 Å². The van der Waals surface area contributed by atoms with Gasteiger partial charge in [0.2, 0.25) is 0 Å². The number of nitrogens with zero attached hydrogens (tertiary/aromatic N) is 3. The van der Waals surface area contributed by atoms with Gasteiger partial charge >= 0.3 is 0 Å². The van der Waals surface area contributed by atoms with Crippen molar-refractivity contribution in [2.45, 2.75) is 32.6 Å². The van der Waals surface area contributed by atoms with Gasteiger partial charge in [0.15, 0.2) is 0 Å². The van der Waals surface area contributed by atoms with Gasteiger partial charge in [-0.05, 0) is 55.7 Å². The van der Waals surface area contributed by atoms with E-state index in [0.717, 1.165) is 42.6 Å². The van der Waals surface area contributed by atoms with Crippen molar-refractivity contribution in [2.75, 3.05) is 11.4 Å². The normalized spacial score (nSPS) is 13.7. The number of unbranched alkanes of at least 4 members (excludes halogenated alkanes) is 1. The molecule has 0 saturated carbocycles. The lowest BCUT2D eigenvalue weighted by molar-refractivity contribution is 0.0973. The summed E-state index contributed by atoms with van der Waals surface area (Å²) in [6.07, 6.45) is 3.73. The fraction of sp³-hybridized carbons (Fsp3) is 0.273. The van der Waals surface area contributed by atoms with Gasteiger partial charge in [0.1, 0.15) is 11.5 Å². The van der Waals surface area contributed by atoms with Crippen LogP contribution in [-0.4, -0.2) is 22.2 Å². The molecule has 3 aromatic rings. The number of hydrogen-bond donors (Lipinski definition) is 0. The molecular weight excluding hydrogens is 341 g/mol. The van der Waals surface area contributed by atoms with Crippen LogP contribution in [0.15, 0.2) is 54.6 Å². The monoisotopic (exact) mass is 363 g/mol. The first-order valence-corrected chi connectivity index (χ1v) is 9.42. The molecule has 5 heteroatoms. The number of benzene rings is 2. The highest BCUT2D eigenvalue weighted by molar-refractivity contribution is 6.07. The van der Waals surface area contributed by atoms with Crippen LogP contribution in [0.25, 0.3) is 5.69 Å². The molecule has 1 amide bonds. The zero-order valence-electron chi connectivity index (χ0n) is 15.4. The third-order valence-electron chi connectivity index (χ3n) is 5.01. The summed E-state index contributed by atoms with van der Waals surface area (Å²) in [5, 5.41) is 4.75. The zero-order valence-corrected chi connectivity index (χ0v) is 15.4. The van der Waals surface area contributed by atoms with Crippen LogP contribution in [0.1, 0.15) is 41.5 Å². The molecule has 2 heterocycles. The number of aryl methyl sites for hydroxylation is 1. The summed E-state index contributed by atoms with van der Waals surface area (Å²) in [6.45, 7) is 2.79. The molecule has 1 aliphatic rings. The number of fused-ring (bicyclic) bond motifs is 1. The number of amides is 1. The maximum atomic E-state index is 13.4. The number of carbonyl (C=O) groups is 1. The Hall–Kier alpha value is -2.95. The molecule has 0 unspecified atom stereocenters. The van der Waals surface area contributed by atoms with Gasteiger partial charge < -0.3 is 4.90 Å². The highest BCUT2D eigenvalue weighted by Crippen LogP contribution is 2.29. The summed E-state index contributed by atoms with van der Waals surface area (Å²) < 4.78 is 15.1. The van der Waals surface area contributed by atoms with Gasteiger partial charge in [-0.3, -0.25) is 4.79 Å². The van der Waals surface area contributed by atoms with Gasteiger partial charge in [-0.25, -0.2) is 9.07 Å². The Morgan fingerprint density at radius 2 is 1.78 bits per heavy atom. The Labute approximate surface area is 158 Å². The number of carbonyl (C=O) groups excluding carboxylic acids is 1. The Morgan fingerprint density at radius 3 is 2.48 bits per heavy atom. The van der Waals surface area contributed by atoms with E-state index in [0.29, 0.717) is 17.9 Å². The molecule has 2 aromatic carbocycles. The predicted octanol–water partition coefficient (Wildman–Crippen LogP) is 4.56. The maximum Gasteiger partial charge on any atom is 0.277 e. The first-order valence-electron chi connectivity index (χ1n) is 9.42. The van der Waals surface area contributed by atoms with Crippen LogP contribution in [-0.2, 0) is 12.8 Å². The molecule has 0 bridgehead atoms. The number of hydrogen-bond acceptors (Lipinski definition) is 2. The molecule has 27 heavy (non-hydrogen) atoms. The smallest absolute Gasteiger partial charge is 0.277 e. The minimum atomic E-state index is -0.303. The summed E-state index contributed by atoms with van der Waals surface area (Å²) in [5.41, 5.74) is 4.21. The molecule has 4 rings (SSSR count). The van der Waals surface area contributed by atoms with E-state index in [-0.39, 0.29) is 11.7 Å². The van der Waals surface area contributed by atoms with E-state index in [1.807, 2.05) is 30.3 Å². The van der Waals surface area contributed by atoms with Crippen molar-refractivity contribution in [3.05, 3.63) is 77.4 Å². The Bertz CT molecular complexity index is 948. The Morgan fingerprint density at radius 1 is 1.04 bits per heavy atom. The second-order valence-corrected chi connectivity index (χ2v) is 6.81. The minimum absolute atomic E-state index is 0.0537. The lowest BCUT2D eigenvalue weighted by atomic mass is 10.00. The van der Waals surface area contributed by atoms with E-state index in [1.165, 1.54) is 12.1 Å². The molecule has 4 nitrogen and oxygen atoms in total. The van der Waals surface area contributed by atoms with Crippen LogP contribution in [0.5, 0.6) is 0 Å². The molecule has 0 saturated heterocycles. The third kappa shape index (κ3) is 3.25. The van der Waals surface area contributed by atoms with Crippen LogP contribution in [0.4, 0.5) is 10.1 Å². The predicted molar refractivity (Wildman–Crippen MR) is 104 cm³/mol. The van der Waals surface area contributed by atoms with E-state index in [4.69, 9.17) is 5.10 Å². The molecule has 138 valence electrons. The van der Waals surface area contributed by atoms with Crippen molar-refractivity contribution in [3.8, 4) is 5.69 Å². The van der Waals surface area contributed by atoms with Crippen molar-refractivity contribution < 1.29 is 9.18 Å². The summed E-state index contributed by atoms with van der Waals surface area (Å²) in [7, 11) is 0. The van der Waals surface area contributed by atoms with E-state index in [1.54, 1.807) is 21.7 Å². The van der Waals surface area contributed by atoms with Gasteiger partial charge in [0.05, 0.1) is 11.4 Å². The lowest BCUT2D eigenvalue weighted by Gasteiger charge is -2.27. The zero-order chi connectivity index (χ0) is 18.8.